The largest absolute Gasteiger partial charge is 0.378 e. The van der Waals surface area contributed by atoms with Gasteiger partial charge >= 0.3 is 0 Å². The molecule has 20 heavy (non-hydrogen) atoms. The smallest absolute Gasteiger partial charge is 0.171 e. The van der Waals surface area contributed by atoms with Gasteiger partial charge in [-0.1, -0.05) is 0 Å². The Labute approximate surface area is 121 Å². The third-order valence-electron chi connectivity index (χ3n) is 4.41. The molecule has 5 nitrogen and oxygen atoms in total. The molecule has 5 heteroatoms. The molecule has 3 heterocycles. The molecule has 2 saturated heterocycles. The minimum Gasteiger partial charge on any atom is -0.378 e. The van der Waals surface area contributed by atoms with Crippen LogP contribution in [-0.4, -0.2) is 49.9 Å². The summed E-state index contributed by atoms with van der Waals surface area (Å²) in [5, 5.41) is 0. The molecule has 0 N–H and O–H groups in total. The van der Waals surface area contributed by atoms with Crippen molar-refractivity contribution in [1.29, 1.82) is 0 Å². The Morgan fingerprint density at radius 3 is 2.55 bits per heavy atom. The average Bonchev–Trinajstić information content (AvgIpc) is 3.02. The average molecular weight is 276 g/mol. The van der Waals surface area contributed by atoms with E-state index in [-0.39, 0.29) is 0 Å². The van der Waals surface area contributed by atoms with Gasteiger partial charge in [-0.2, -0.15) is 0 Å². The molecular formula is C15H24N4O. The zero-order chi connectivity index (χ0) is 13.9. The summed E-state index contributed by atoms with van der Waals surface area (Å²) in [6.45, 7) is 3.08. The molecule has 0 aromatic carbocycles. The van der Waals surface area contributed by atoms with Crippen molar-refractivity contribution in [3.05, 3.63) is 12.4 Å². The van der Waals surface area contributed by atoms with E-state index < -0.39 is 0 Å². The molecule has 110 valence electrons. The number of piperidine rings is 1. The molecule has 2 fully saturated rings. The van der Waals surface area contributed by atoms with Crippen molar-refractivity contribution in [3.8, 4) is 0 Å². The van der Waals surface area contributed by atoms with E-state index in [1.165, 1.54) is 25.7 Å². The summed E-state index contributed by atoms with van der Waals surface area (Å²) in [5.41, 5.74) is 0. The van der Waals surface area contributed by atoms with Crippen molar-refractivity contribution < 1.29 is 4.74 Å². The van der Waals surface area contributed by atoms with Crippen LogP contribution in [0.4, 0.5) is 11.6 Å². The van der Waals surface area contributed by atoms with E-state index >= 15 is 0 Å². The number of nitrogens with zero attached hydrogens (tertiary/aromatic N) is 4. The first-order chi connectivity index (χ1) is 9.75. The van der Waals surface area contributed by atoms with Gasteiger partial charge in [0.15, 0.2) is 11.6 Å². The van der Waals surface area contributed by atoms with Gasteiger partial charge in [0.25, 0.3) is 0 Å². The molecule has 0 spiro atoms. The topological polar surface area (TPSA) is 41.5 Å². The van der Waals surface area contributed by atoms with Crippen LogP contribution in [0.1, 0.15) is 25.7 Å². The zero-order valence-electron chi connectivity index (χ0n) is 12.5. The van der Waals surface area contributed by atoms with Crippen molar-refractivity contribution in [2.75, 3.05) is 43.6 Å². The molecular weight excluding hydrogens is 252 g/mol. The van der Waals surface area contributed by atoms with Crippen LogP contribution in [0.3, 0.4) is 0 Å². The highest BCUT2D eigenvalue weighted by atomic mass is 16.5. The van der Waals surface area contributed by atoms with Crippen LogP contribution >= 0.6 is 0 Å². The van der Waals surface area contributed by atoms with E-state index in [9.17, 15) is 0 Å². The molecule has 1 atom stereocenters. The summed E-state index contributed by atoms with van der Waals surface area (Å²) >= 11 is 0. The van der Waals surface area contributed by atoms with Crippen molar-refractivity contribution in [3.63, 3.8) is 0 Å². The quantitative estimate of drug-likeness (QED) is 0.844. The highest BCUT2D eigenvalue weighted by molar-refractivity contribution is 5.61. The first kappa shape index (κ1) is 13.6. The highest BCUT2D eigenvalue weighted by Gasteiger charge is 2.30. The fourth-order valence-electron chi connectivity index (χ4n) is 3.32. The van der Waals surface area contributed by atoms with Gasteiger partial charge in [-0.15, -0.1) is 0 Å². The summed E-state index contributed by atoms with van der Waals surface area (Å²) in [4.78, 5) is 13.4. The number of anilines is 2. The van der Waals surface area contributed by atoms with Crippen molar-refractivity contribution in [2.45, 2.75) is 31.8 Å². The van der Waals surface area contributed by atoms with Gasteiger partial charge in [0, 0.05) is 46.2 Å². The fraction of sp³-hybridized carbons (Fsp3) is 0.733. The van der Waals surface area contributed by atoms with E-state index in [0.29, 0.717) is 6.10 Å². The van der Waals surface area contributed by atoms with Gasteiger partial charge in [0.2, 0.25) is 0 Å². The molecule has 0 aliphatic carbocycles. The molecule has 0 radical (unpaired) electrons. The number of hydrogen-bond acceptors (Lipinski definition) is 5. The summed E-state index contributed by atoms with van der Waals surface area (Å²) in [7, 11) is 4.04. The first-order valence-electron chi connectivity index (χ1n) is 7.60. The summed E-state index contributed by atoms with van der Waals surface area (Å²) in [6.07, 6.45) is 8.94. The lowest BCUT2D eigenvalue weighted by atomic mass is 9.90. The second kappa shape index (κ2) is 5.95. The van der Waals surface area contributed by atoms with E-state index in [1.54, 1.807) is 12.4 Å². The Hall–Kier alpha value is -1.36. The monoisotopic (exact) mass is 276 g/mol. The van der Waals surface area contributed by atoms with Crippen molar-refractivity contribution in [2.24, 2.45) is 5.92 Å². The van der Waals surface area contributed by atoms with Crippen LogP contribution < -0.4 is 9.80 Å². The number of aromatic nitrogens is 2. The number of ether oxygens (including phenoxy) is 1. The molecule has 0 saturated carbocycles. The Morgan fingerprint density at radius 1 is 1.15 bits per heavy atom. The molecule has 0 amide bonds. The van der Waals surface area contributed by atoms with Crippen molar-refractivity contribution in [1.82, 2.24) is 9.97 Å². The predicted octanol–water partition coefficient (Wildman–Crippen LogP) is 1.94. The van der Waals surface area contributed by atoms with Crippen molar-refractivity contribution >= 4 is 11.6 Å². The van der Waals surface area contributed by atoms with E-state index in [4.69, 9.17) is 4.74 Å². The Bertz CT molecular complexity index is 437. The minimum absolute atomic E-state index is 0.507. The third kappa shape index (κ3) is 2.73. The van der Waals surface area contributed by atoms with Gasteiger partial charge in [-0.05, 0) is 31.6 Å². The third-order valence-corrected chi connectivity index (χ3v) is 4.41. The second-order valence-corrected chi connectivity index (χ2v) is 5.97. The van der Waals surface area contributed by atoms with Crippen LogP contribution in [0.25, 0.3) is 0 Å². The van der Waals surface area contributed by atoms with Crippen LogP contribution in [0, 0.1) is 5.92 Å². The van der Waals surface area contributed by atoms with Gasteiger partial charge < -0.3 is 14.5 Å². The lowest BCUT2D eigenvalue weighted by molar-refractivity contribution is 0.0531. The Kier molecular flexibility index (Phi) is 4.05. The lowest BCUT2D eigenvalue weighted by Gasteiger charge is -2.36. The minimum atomic E-state index is 0.507. The number of rotatable bonds is 3. The summed E-state index contributed by atoms with van der Waals surface area (Å²) in [6, 6.07) is 0. The van der Waals surface area contributed by atoms with Crippen LogP contribution in [-0.2, 0) is 4.74 Å². The van der Waals surface area contributed by atoms with E-state index in [1.807, 2.05) is 19.0 Å². The highest BCUT2D eigenvalue weighted by Crippen LogP contribution is 2.32. The second-order valence-electron chi connectivity index (χ2n) is 5.97. The normalized spacial score (nSPS) is 24.1. The fourth-order valence-corrected chi connectivity index (χ4v) is 3.32. The number of hydrogen-bond donors (Lipinski definition) is 0. The maximum Gasteiger partial charge on any atom is 0.171 e. The van der Waals surface area contributed by atoms with Gasteiger partial charge in [0.1, 0.15) is 0 Å². The van der Waals surface area contributed by atoms with Gasteiger partial charge in [-0.3, -0.25) is 0 Å². The van der Waals surface area contributed by atoms with Gasteiger partial charge in [-0.25, -0.2) is 9.97 Å². The summed E-state index contributed by atoms with van der Waals surface area (Å²) in [5.74, 6) is 2.71. The molecule has 3 rings (SSSR count). The summed E-state index contributed by atoms with van der Waals surface area (Å²) < 4.78 is 5.84. The van der Waals surface area contributed by atoms with E-state index in [2.05, 4.69) is 14.9 Å². The standard InChI is InChI=1S/C15H24N4O/c1-18(2)14-15(17-8-7-16-14)19-9-5-12(6-10-19)13-4-3-11-20-13/h7-8,12-13H,3-6,9-11H2,1-2H3. The molecule has 0 bridgehead atoms. The lowest BCUT2D eigenvalue weighted by Crippen LogP contribution is -2.38. The molecule has 1 aromatic heterocycles. The predicted molar refractivity (Wildman–Crippen MR) is 80.3 cm³/mol. The molecule has 2 aliphatic rings. The Morgan fingerprint density at radius 2 is 1.90 bits per heavy atom. The van der Waals surface area contributed by atoms with Crippen LogP contribution in [0.15, 0.2) is 12.4 Å². The van der Waals surface area contributed by atoms with Gasteiger partial charge in [0.05, 0.1) is 6.10 Å². The van der Waals surface area contributed by atoms with Crippen LogP contribution in [0.5, 0.6) is 0 Å². The van der Waals surface area contributed by atoms with Crippen LogP contribution in [0.2, 0.25) is 0 Å². The molecule has 2 aliphatic heterocycles. The maximum absolute atomic E-state index is 5.84. The molecule has 1 unspecified atom stereocenters. The Balaban J connectivity index is 1.66. The zero-order valence-corrected chi connectivity index (χ0v) is 12.5. The SMILES string of the molecule is CN(C)c1nccnc1N1CCC(C2CCCO2)CC1. The maximum atomic E-state index is 5.84. The van der Waals surface area contributed by atoms with E-state index in [0.717, 1.165) is 37.3 Å². The first-order valence-corrected chi connectivity index (χ1v) is 7.60. The molecule has 1 aromatic rings.